The van der Waals surface area contributed by atoms with E-state index in [0.717, 1.165) is 0 Å². The van der Waals surface area contributed by atoms with Gasteiger partial charge in [0.15, 0.2) is 9.84 Å². The predicted octanol–water partition coefficient (Wildman–Crippen LogP) is 2.13. The highest BCUT2D eigenvalue weighted by molar-refractivity contribution is 9.10. The fourth-order valence-corrected chi connectivity index (χ4v) is 2.57. The molecule has 1 unspecified atom stereocenters. The highest BCUT2D eigenvalue weighted by atomic mass is 79.9. The number of benzene rings is 1. The van der Waals surface area contributed by atoms with Gasteiger partial charge in [-0.15, -0.1) is 0 Å². The van der Waals surface area contributed by atoms with E-state index >= 15 is 0 Å². The van der Waals surface area contributed by atoms with Gasteiger partial charge in [0, 0.05) is 4.47 Å². The standard InChI is InChI=1S/C9H8BrNO2S/c1-7(6-11)14(12,13)9-4-2-3-8(10)5-9/h2-5,7H,1H3. The van der Waals surface area contributed by atoms with Gasteiger partial charge in [-0.25, -0.2) is 8.42 Å². The number of nitrogens with zero attached hydrogens (tertiary/aromatic N) is 1. The third-order valence-corrected chi connectivity index (χ3v) is 4.21. The largest absolute Gasteiger partial charge is 0.222 e. The van der Waals surface area contributed by atoms with Crippen molar-refractivity contribution in [2.75, 3.05) is 0 Å². The van der Waals surface area contributed by atoms with E-state index in [1.54, 1.807) is 18.2 Å². The minimum Gasteiger partial charge on any atom is -0.222 e. The zero-order valence-corrected chi connectivity index (χ0v) is 9.84. The van der Waals surface area contributed by atoms with Crippen LogP contribution in [0.1, 0.15) is 6.92 Å². The van der Waals surface area contributed by atoms with E-state index in [1.807, 2.05) is 0 Å². The number of halogens is 1. The Morgan fingerprint density at radius 1 is 1.50 bits per heavy atom. The summed E-state index contributed by atoms with van der Waals surface area (Å²) in [4.78, 5) is 0.168. The van der Waals surface area contributed by atoms with Gasteiger partial charge in [-0.1, -0.05) is 22.0 Å². The van der Waals surface area contributed by atoms with E-state index < -0.39 is 15.1 Å². The lowest BCUT2D eigenvalue weighted by atomic mass is 10.4. The average molecular weight is 274 g/mol. The molecule has 0 spiro atoms. The molecule has 14 heavy (non-hydrogen) atoms. The van der Waals surface area contributed by atoms with Crippen molar-refractivity contribution >= 4 is 25.8 Å². The molecule has 74 valence electrons. The summed E-state index contributed by atoms with van der Waals surface area (Å²) in [6, 6.07) is 8.05. The van der Waals surface area contributed by atoms with Gasteiger partial charge in [-0.05, 0) is 25.1 Å². The molecule has 0 N–H and O–H groups in total. The first-order valence-corrected chi connectivity index (χ1v) is 6.21. The fourth-order valence-electron chi connectivity index (χ4n) is 0.917. The molecule has 0 radical (unpaired) electrons. The molecule has 1 aromatic rings. The van der Waals surface area contributed by atoms with E-state index in [-0.39, 0.29) is 4.90 Å². The number of nitriles is 1. The molecule has 0 bridgehead atoms. The molecular weight excluding hydrogens is 266 g/mol. The van der Waals surface area contributed by atoms with Crippen molar-refractivity contribution < 1.29 is 8.42 Å². The van der Waals surface area contributed by atoms with Gasteiger partial charge in [0.2, 0.25) is 0 Å². The third-order valence-electron chi connectivity index (χ3n) is 1.77. The summed E-state index contributed by atoms with van der Waals surface area (Å²) < 4.78 is 24.0. The van der Waals surface area contributed by atoms with Crippen molar-refractivity contribution in [2.24, 2.45) is 0 Å². The first-order valence-electron chi connectivity index (χ1n) is 3.87. The highest BCUT2D eigenvalue weighted by Crippen LogP contribution is 2.19. The Balaban J connectivity index is 3.26. The smallest absolute Gasteiger partial charge is 0.194 e. The molecule has 0 aliphatic heterocycles. The Morgan fingerprint density at radius 2 is 2.14 bits per heavy atom. The summed E-state index contributed by atoms with van der Waals surface area (Å²) >= 11 is 3.18. The second-order valence-corrected chi connectivity index (χ2v) is 5.96. The van der Waals surface area contributed by atoms with Crippen molar-refractivity contribution in [3.05, 3.63) is 28.7 Å². The van der Waals surface area contributed by atoms with Crippen LogP contribution in [0.2, 0.25) is 0 Å². The van der Waals surface area contributed by atoms with Gasteiger partial charge in [-0.2, -0.15) is 5.26 Å². The Kier molecular flexibility index (Phi) is 3.29. The summed E-state index contributed by atoms with van der Waals surface area (Å²) in [5, 5.41) is 7.54. The fraction of sp³-hybridized carbons (Fsp3) is 0.222. The number of hydrogen-bond donors (Lipinski definition) is 0. The molecule has 0 aliphatic rings. The molecule has 0 aliphatic carbocycles. The van der Waals surface area contributed by atoms with Crippen LogP contribution in [0.15, 0.2) is 33.6 Å². The summed E-state index contributed by atoms with van der Waals surface area (Å²) in [5.74, 6) is 0. The highest BCUT2D eigenvalue weighted by Gasteiger charge is 2.22. The van der Waals surface area contributed by atoms with E-state index in [9.17, 15) is 8.42 Å². The van der Waals surface area contributed by atoms with Gasteiger partial charge < -0.3 is 0 Å². The van der Waals surface area contributed by atoms with Gasteiger partial charge in [0.1, 0.15) is 5.25 Å². The average Bonchev–Trinajstić information content (AvgIpc) is 2.16. The number of sulfone groups is 1. The van der Waals surface area contributed by atoms with Crippen LogP contribution in [0.25, 0.3) is 0 Å². The maximum atomic E-state index is 11.7. The number of rotatable bonds is 2. The van der Waals surface area contributed by atoms with Crippen molar-refractivity contribution in [3.8, 4) is 6.07 Å². The van der Waals surface area contributed by atoms with Crippen LogP contribution in [-0.4, -0.2) is 13.7 Å². The van der Waals surface area contributed by atoms with Gasteiger partial charge in [0.25, 0.3) is 0 Å². The summed E-state index contributed by atoms with van der Waals surface area (Å²) in [5.41, 5.74) is 0. The first-order chi connectivity index (χ1) is 6.48. The molecule has 3 nitrogen and oxygen atoms in total. The summed E-state index contributed by atoms with van der Waals surface area (Å²) in [7, 11) is -3.50. The molecule has 1 atom stereocenters. The maximum absolute atomic E-state index is 11.7. The molecule has 0 amide bonds. The van der Waals surface area contributed by atoms with Gasteiger partial charge in [-0.3, -0.25) is 0 Å². The van der Waals surface area contributed by atoms with Crippen LogP contribution < -0.4 is 0 Å². The molecule has 0 saturated heterocycles. The SMILES string of the molecule is CC(C#N)S(=O)(=O)c1cccc(Br)c1. The van der Waals surface area contributed by atoms with Crippen molar-refractivity contribution in [3.63, 3.8) is 0 Å². The lowest BCUT2D eigenvalue weighted by Gasteiger charge is -2.05. The van der Waals surface area contributed by atoms with Crippen LogP contribution in [0.4, 0.5) is 0 Å². The Bertz CT molecular complexity index is 476. The zero-order chi connectivity index (χ0) is 10.8. The molecule has 0 heterocycles. The topological polar surface area (TPSA) is 57.9 Å². The lowest BCUT2D eigenvalue weighted by Crippen LogP contribution is -2.15. The monoisotopic (exact) mass is 273 g/mol. The van der Waals surface area contributed by atoms with Crippen LogP contribution in [0, 0.1) is 11.3 Å². The van der Waals surface area contributed by atoms with Gasteiger partial charge >= 0.3 is 0 Å². The normalized spacial score (nSPS) is 13.2. The minimum atomic E-state index is -3.50. The quantitative estimate of drug-likeness (QED) is 0.830. The summed E-state index contributed by atoms with van der Waals surface area (Å²) in [6.45, 7) is 1.37. The Morgan fingerprint density at radius 3 is 2.64 bits per heavy atom. The second-order valence-electron chi connectivity index (χ2n) is 2.77. The molecule has 5 heteroatoms. The van der Waals surface area contributed by atoms with E-state index in [4.69, 9.17) is 5.26 Å². The van der Waals surface area contributed by atoms with Crippen LogP contribution >= 0.6 is 15.9 Å². The third kappa shape index (κ3) is 2.14. The van der Waals surface area contributed by atoms with E-state index in [1.165, 1.54) is 19.1 Å². The van der Waals surface area contributed by atoms with E-state index in [0.29, 0.717) is 4.47 Å². The van der Waals surface area contributed by atoms with Crippen molar-refractivity contribution in [1.82, 2.24) is 0 Å². The van der Waals surface area contributed by atoms with Crippen LogP contribution in [0.3, 0.4) is 0 Å². The predicted molar refractivity (Wildman–Crippen MR) is 56.4 cm³/mol. The minimum absolute atomic E-state index is 0.168. The van der Waals surface area contributed by atoms with Crippen molar-refractivity contribution in [1.29, 1.82) is 5.26 Å². The first kappa shape index (κ1) is 11.2. The second kappa shape index (κ2) is 4.11. The van der Waals surface area contributed by atoms with E-state index in [2.05, 4.69) is 15.9 Å². The Labute approximate surface area is 91.4 Å². The molecular formula is C9H8BrNO2S. The number of hydrogen-bond acceptors (Lipinski definition) is 3. The molecule has 0 fully saturated rings. The van der Waals surface area contributed by atoms with Gasteiger partial charge in [0.05, 0.1) is 11.0 Å². The lowest BCUT2D eigenvalue weighted by molar-refractivity contribution is 0.592. The van der Waals surface area contributed by atoms with Crippen LogP contribution in [0.5, 0.6) is 0 Å². The van der Waals surface area contributed by atoms with Crippen LogP contribution in [-0.2, 0) is 9.84 Å². The summed E-state index contributed by atoms with van der Waals surface area (Å²) in [6.07, 6.45) is 0. The molecule has 0 saturated carbocycles. The molecule has 0 aromatic heterocycles. The maximum Gasteiger partial charge on any atom is 0.194 e. The zero-order valence-electron chi connectivity index (χ0n) is 7.44. The van der Waals surface area contributed by atoms with Crippen molar-refractivity contribution in [2.45, 2.75) is 17.1 Å². The Hall–Kier alpha value is -0.860. The molecule has 1 rings (SSSR count). The molecule has 1 aromatic carbocycles.